The SMILES string of the molecule is NC1(Cc2ccccc2Br)CC1C1CC1. The quantitative estimate of drug-likeness (QED) is 0.893. The third kappa shape index (κ3) is 1.85. The van der Waals surface area contributed by atoms with Gasteiger partial charge in [-0.2, -0.15) is 0 Å². The van der Waals surface area contributed by atoms with Gasteiger partial charge in [0.2, 0.25) is 0 Å². The van der Waals surface area contributed by atoms with Crippen LogP contribution in [0, 0.1) is 11.8 Å². The molecule has 2 N–H and O–H groups in total. The summed E-state index contributed by atoms with van der Waals surface area (Å²) in [5.41, 5.74) is 7.89. The highest BCUT2D eigenvalue weighted by Gasteiger charge is 2.57. The predicted molar refractivity (Wildman–Crippen MR) is 65.6 cm³/mol. The smallest absolute Gasteiger partial charge is 0.0230 e. The zero-order valence-electron chi connectivity index (χ0n) is 8.75. The summed E-state index contributed by atoms with van der Waals surface area (Å²) in [6, 6.07) is 8.44. The molecule has 0 saturated heterocycles. The second kappa shape index (κ2) is 3.33. The Morgan fingerprint density at radius 3 is 2.73 bits per heavy atom. The van der Waals surface area contributed by atoms with Crippen molar-refractivity contribution in [2.45, 2.75) is 31.2 Å². The van der Waals surface area contributed by atoms with E-state index in [0.717, 1.165) is 18.3 Å². The van der Waals surface area contributed by atoms with Gasteiger partial charge in [0.05, 0.1) is 0 Å². The zero-order valence-corrected chi connectivity index (χ0v) is 10.3. The Labute approximate surface area is 99.2 Å². The number of nitrogens with two attached hydrogens (primary N) is 1. The average Bonchev–Trinajstić information content (AvgIpc) is 3.05. The van der Waals surface area contributed by atoms with Crippen molar-refractivity contribution in [1.29, 1.82) is 0 Å². The first-order valence-electron chi connectivity index (χ1n) is 5.71. The van der Waals surface area contributed by atoms with Crippen LogP contribution in [0.15, 0.2) is 28.7 Å². The number of hydrogen-bond acceptors (Lipinski definition) is 1. The van der Waals surface area contributed by atoms with Crippen molar-refractivity contribution in [3.63, 3.8) is 0 Å². The largest absolute Gasteiger partial charge is 0.325 e. The Morgan fingerprint density at radius 2 is 2.07 bits per heavy atom. The maximum absolute atomic E-state index is 6.41. The van der Waals surface area contributed by atoms with Gasteiger partial charge in [0, 0.05) is 10.0 Å². The van der Waals surface area contributed by atoms with Crippen molar-refractivity contribution in [2.75, 3.05) is 0 Å². The topological polar surface area (TPSA) is 26.0 Å². The van der Waals surface area contributed by atoms with E-state index in [1.807, 2.05) is 0 Å². The zero-order chi connectivity index (χ0) is 10.5. The molecule has 0 aromatic heterocycles. The van der Waals surface area contributed by atoms with Crippen molar-refractivity contribution in [1.82, 2.24) is 0 Å². The van der Waals surface area contributed by atoms with E-state index in [1.54, 1.807) is 0 Å². The van der Waals surface area contributed by atoms with E-state index in [9.17, 15) is 0 Å². The van der Waals surface area contributed by atoms with Gasteiger partial charge in [0.25, 0.3) is 0 Å². The molecule has 2 aliphatic rings. The van der Waals surface area contributed by atoms with Crippen LogP contribution in [0.3, 0.4) is 0 Å². The number of halogens is 1. The molecule has 0 aliphatic heterocycles. The maximum Gasteiger partial charge on any atom is 0.0230 e. The molecule has 0 radical (unpaired) electrons. The summed E-state index contributed by atoms with van der Waals surface area (Å²) in [7, 11) is 0. The predicted octanol–water partition coefficient (Wildman–Crippen LogP) is 3.12. The van der Waals surface area contributed by atoms with Crippen molar-refractivity contribution in [2.24, 2.45) is 17.6 Å². The van der Waals surface area contributed by atoms with E-state index in [-0.39, 0.29) is 5.54 Å². The summed E-state index contributed by atoms with van der Waals surface area (Å²) in [5, 5.41) is 0. The monoisotopic (exact) mass is 265 g/mol. The Morgan fingerprint density at radius 1 is 1.33 bits per heavy atom. The minimum absolute atomic E-state index is 0.116. The van der Waals surface area contributed by atoms with Gasteiger partial charge in [0.1, 0.15) is 0 Å². The number of benzene rings is 1. The minimum Gasteiger partial charge on any atom is -0.325 e. The van der Waals surface area contributed by atoms with Gasteiger partial charge in [-0.25, -0.2) is 0 Å². The van der Waals surface area contributed by atoms with Crippen LogP contribution in [-0.4, -0.2) is 5.54 Å². The Bertz CT molecular complexity index is 386. The average molecular weight is 266 g/mol. The van der Waals surface area contributed by atoms with Crippen LogP contribution in [0.5, 0.6) is 0 Å². The first-order valence-corrected chi connectivity index (χ1v) is 6.51. The van der Waals surface area contributed by atoms with E-state index < -0.39 is 0 Å². The second-order valence-corrected chi connectivity index (χ2v) is 6.00. The Kier molecular flexibility index (Phi) is 2.18. The van der Waals surface area contributed by atoms with E-state index in [4.69, 9.17) is 5.73 Å². The lowest BCUT2D eigenvalue weighted by atomic mass is 10.0. The molecule has 2 atom stereocenters. The molecule has 1 aromatic rings. The summed E-state index contributed by atoms with van der Waals surface area (Å²) < 4.78 is 1.20. The lowest BCUT2D eigenvalue weighted by molar-refractivity contribution is 0.547. The Hall–Kier alpha value is -0.340. The van der Waals surface area contributed by atoms with E-state index in [1.165, 1.54) is 29.3 Å². The van der Waals surface area contributed by atoms with Crippen LogP contribution < -0.4 is 5.73 Å². The van der Waals surface area contributed by atoms with Crippen molar-refractivity contribution in [3.05, 3.63) is 34.3 Å². The summed E-state index contributed by atoms with van der Waals surface area (Å²) >= 11 is 3.59. The van der Waals surface area contributed by atoms with Gasteiger partial charge in [-0.1, -0.05) is 34.1 Å². The molecule has 1 aromatic carbocycles. The van der Waals surface area contributed by atoms with Crippen LogP contribution in [-0.2, 0) is 6.42 Å². The fourth-order valence-electron chi connectivity index (χ4n) is 2.68. The number of hydrogen-bond donors (Lipinski definition) is 1. The molecule has 80 valence electrons. The highest BCUT2D eigenvalue weighted by atomic mass is 79.9. The molecule has 0 spiro atoms. The van der Waals surface area contributed by atoms with E-state index >= 15 is 0 Å². The molecule has 0 bridgehead atoms. The molecule has 2 unspecified atom stereocenters. The van der Waals surface area contributed by atoms with E-state index in [2.05, 4.69) is 40.2 Å². The van der Waals surface area contributed by atoms with Gasteiger partial charge >= 0.3 is 0 Å². The molecule has 2 fully saturated rings. The molecule has 0 heterocycles. The second-order valence-electron chi connectivity index (χ2n) is 5.15. The van der Waals surface area contributed by atoms with Crippen LogP contribution in [0.4, 0.5) is 0 Å². The van der Waals surface area contributed by atoms with Crippen LogP contribution in [0.25, 0.3) is 0 Å². The van der Waals surface area contributed by atoms with Gasteiger partial charge in [0.15, 0.2) is 0 Å². The molecule has 2 aliphatic carbocycles. The molecule has 3 rings (SSSR count). The lowest BCUT2D eigenvalue weighted by Crippen LogP contribution is -2.28. The fourth-order valence-corrected chi connectivity index (χ4v) is 3.11. The van der Waals surface area contributed by atoms with Crippen molar-refractivity contribution in [3.8, 4) is 0 Å². The normalized spacial score (nSPS) is 34.1. The van der Waals surface area contributed by atoms with Crippen molar-refractivity contribution < 1.29 is 0 Å². The molecule has 15 heavy (non-hydrogen) atoms. The Balaban J connectivity index is 1.73. The standard InChI is InChI=1S/C13H16BrN/c14-12-4-2-1-3-10(12)7-13(15)8-11(13)9-5-6-9/h1-4,9,11H,5-8,15H2. The van der Waals surface area contributed by atoms with Gasteiger partial charge in [-0.3, -0.25) is 0 Å². The summed E-state index contributed by atoms with van der Waals surface area (Å²) in [5.74, 6) is 1.77. The maximum atomic E-state index is 6.41. The molecular formula is C13H16BrN. The van der Waals surface area contributed by atoms with Gasteiger partial charge in [-0.05, 0) is 49.1 Å². The molecule has 2 heteroatoms. The van der Waals surface area contributed by atoms with E-state index in [0.29, 0.717) is 0 Å². The molecular weight excluding hydrogens is 250 g/mol. The van der Waals surface area contributed by atoms with Crippen LogP contribution in [0.2, 0.25) is 0 Å². The van der Waals surface area contributed by atoms with Gasteiger partial charge < -0.3 is 5.73 Å². The summed E-state index contributed by atoms with van der Waals surface area (Å²) in [4.78, 5) is 0. The highest BCUT2D eigenvalue weighted by Crippen LogP contribution is 2.57. The number of rotatable bonds is 3. The van der Waals surface area contributed by atoms with Crippen LogP contribution >= 0.6 is 15.9 Å². The first-order chi connectivity index (χ1) is 7.19. The molecule has 2 saturated carbocycles. The molecule has 0 amide bonds. The minimum atomic E-state index is 0.116. The fraction of sp³-hybridized carbons (Fsp3) is 0.538. The third-order valence-corrected chi connectivity index (χ3v) is 4.62. The summed E-state index contributed by atoms with van der Waals surface area (Å²) in [6.45, 7) is 0. The van der Waals surface area contributed by atoms with Gasteiger partial charge in [-0.15, -0.1) is 0 Å². The summed E-state index contributed by atoms with van der Waals surface area (Å²) in [6.07, 6.45) is 5.10. The third-order valence-electron chi connectivity index (χ3n) is 3.85. The van der Waals surface area contributed by atoms with Crippen LogP contribution in [0.1, 0.15) is 24.8 Å². The van der Waals surface area contributed by atoms with Crippen molar-refractivity contribution >= 4 is 15.9 Å². The molecule has 1 nitrogen and oxygen atoms in total. The lowest BCUT2D eigenvalue weighted by Gasteiger charge is -2.12. The first kappa shape index (κ1) is 9.86. The highest BCUT2D eigenvalue weighted by molar-refractivity contribution is 9.10.